The lowest BCUT2D eigenvalue weighted by atomic mass is 10.1. The molecule has 148 valence electrons. The molecule has 0 aliphatic carbocycles. The molecule has 0 saturated heterocycles. The van der Waals surface area contributed by atoms with Crippen molar-refractivity contribution in [1.82, 2.24) is 9.97 Å². The quantitative estimate of drug-likeness (QED) is 0.478. The van der Waals surface area contributed by atoms with Gasteiger partial charge in [0.1, 0.15) is 5.75 Å². The Morgan fingerprint density at radius 3 is 2.71 bits per heavy atom. The van der Waals surface area contributed by atoms with Crippen LogP contribution in [0.4, 0.5) is 0 Å². The van der Waals surface area contributed by atoms with Crippen molar-refractivity contribution in [2.24, 2.45) is 4.99 Å². The molecule has 0 atom stereocenters. The third-order valence-corrected chi connectivity index (χ3v) is 4.65. The molecule has 0 fully saturated rings. The summed E-state index contributed by atoms with van der Waals surface area (Å²) in [5.74, 6) is 0.807. The van der Waals surface area contributed by atoms with Gasteiger partial charge in [0, 0.05) is 24.4 Å². The number of hydrogen-bond acceptors (Lipinski definition) is 3. The van der Waals surface area contributed by atoms with Crippen LogP contribution < -0.4 is 4.74 Å². The molecule has 5 nitrogen and oxygen atoms in total. The van der Waals surface area contributed by atoms with Crippen LogP contribution in [-0.2, 0) is 0 Å². The van der Waals surface area contributed by atoms with Crippen molar-refractivity contribution in [1.29, 1.82) is 5.26 Å². The Hall–Kier alpha value is -2.71. The Bertz CT molecular complexity index is 869. The second kappa shape index (κ2) is 11.2. The monoisotopic (exact) mass is 398 g/mol. The highest BCUT2D eigenvalue weighted by molar-refractivity contribution is 5.99. The van der Waals surface area contributed by atoms with Gasteiger partial charge in [-0.3, -0.25) is 4.99 Å². The lowest BCUT2D eigenvalue weighted by Gasteiger charge is -2.00. The van der Waals surface area contributed by atoms with Gasteiger partial charge in [-0.2, -0.15) is 5.26 Å². The number of unbranched alkanes of at least 4 members (excludes halogenated alkanes) is 5. The number of allylic oxidation sites excluding steroid dienone is 2. The molecule has 0 radical (unpaired) electrons. The Morgan fingerprint density at radius 1 is 1.14 bits per heavy atom. The van der Waals surface area contributed by atoms with Crippen LogP contribution in [-0.4, -0.2) is 22.8 Å². The average Bonchev–Trinajstić information content (AvgIpc) is 3.42. The number of aliphatic imine (C=N–C) groups is 1. The minimum absolute atomic E-state index is 0. The lowest BCUT2D eigenvalue weighted by molar-refractivity contribution is 0.414. The van der Waals surface area contributed by atoms with Crippen molar-refractivity contribution in [3.8, 4) is 23.2 Å². The maximum Gasteiger partial charge on any atom is 0.144 e. The highest BCUT2D eigenvalue weighted by Crippen LogP contribution is 2.29. The number of nitrogens with one attached hydrogen (secondary N) is 2. The summed E-state index contributed by atoms with van der Waals surface area (Å²) >= 11 is 0. The number of aromatic amines is 2. The SMILES string of the molecule is COc1cc(-c2ccc[nH]2)[nH]c1C=C1C=CC(CCCCCCCC#N)=N1.Cl. The zero-order valence-corrected chi connectivity index (χ0v) is 17.0. The van der Waals surface area contributed by atoms with Gasteiger partial charge in [0.05, 0.1) is 36.0 Å². The fourth-order valence-corrected chi connectivity index (χ4v) is 3.20. The van der Waals surface area contributed by atoms with Gasteiger partial charge in [-0.05, 0) is 49.6 Å². The Labute approximate surface area is 172 Å². The number of halogens is 1. The summed E-state index contributed by atoms with van der Waals surface area (Å²) in [7, 11) is 1.68. The van der Waals surface area contributed by atoms with Gasteiger partial charge in [0.2, 0.25) is 0 Å². The van der Waals surface area contributed by atoms with Crippen LogP contribution in [0, 0.1) is 11.3 Å². The van der Waals surface area contributed by atoms with Gasteiger partial charge in [-0.25, -0.2) is 0 Å². The third-order valence-electron chi connectivity index (χ3n) is 4.65. The Morgan fingerprint density at radius 2 is 1.96 bits per heavy atom. The highest BCUT2D eigenvalue weighted by Gasteiger charge is 2.11. The molecule has 0 saturated carbocycles. The fourth-order valence-electron chi connectivity index (χ4n) is 3.20. The van der Waals surface area contributed by atoms with Gasteiger partial charge < -0.3 is 14.7 Å². The van der Waals surface area contributed by atoms with Crippen molar-refractivity contribution in [3.63, 3.8) is 0 Å². The van der Waals surface area contributed by atoms with E-state index in [4.69, 9.17) is 15.0 Å². The van der Waals surface area contributed by atoms with E-state index >= 15 is 0 Å². The van der Waals surface area contributed by atoms with Crippen LogP contribution >= 0.6 is 12.4 Å². The molecule has 3 rings (SSSR count). The number of hydrogen-bond donors (Lipinski definition) is 2. The molecule has 0 unspecified atom stereocenters. The number of nitriles is 1. The summed E-state index contributed by atoms with van der Waals surface area (Å²) in [6, 6.07) is 8.19. The molecule has 0 bridgehead atoms. The van der Waals surface area contributed by atoms with E-state index in [1.54, 1.807) is 7.11 Å². The van der Waals surface area contributed by atoms with Crippen LogP contribution in [0.1, 0.15) is 50.6 Å². The summed E-state index contributed by atoms with van der Waals surface area (Å²) in [6.45, 7) is 0. The molecule has 28 heavy (non-hydrogen) atoms. The lowest BCUT2D eigenvalue weighted by Crippen LogP contribution is -1.90. The van der Waals surface area contributed by atoms with E-state index in [0.29, 0.717) is 6.42 Å². The van der Waals surface area contributed by atoms with E-state index in [-0.39, 0.29) is 12.4 Å². The van der Waals surface area contributed by atoms with Gasteiger partial charge in [0.15, 0.2) is 0 Å². The predicted octanol–water partition coefficient (Wildman–Crippen LogP) is 6.05. The van der Waals surface area contributed by atoms with E-state index in [1.807, 2.05) is 30.5 Å². The van der Waals surface area contributed by atoms with Gasteiger partial charge in [-0.1, -0.05) is 19.3 Å². The average molecular weight is 399 g/mol. The fraction of sp³-hybridized carbons (Fsp3) is 0.364. The summed E-state index contributed by atoms with van der Waals surface area (Å²) in [5.41, 5.74) is 5.01. The minimum atomic E-state index is 0. The van der Waals surface area contributed by atoms with Crippen molar-refractivity contribution in [3.05, 3.63) is 47.9 Å². The maximum atomic E-state index is 8.54. The van der Waals surface area contributed by atoms with Crippen LogP contribution in [0.25, 0.3) is 17.5 Å². The first kappa shape index (κ1) is 21.6. The van der Waals surface area contributed by atoms with E-state index in [2.05, 4.69) is 28.2 Å². The maximum absolute atomic E-state index is 8.54. The molecule has 0 spiro atoms. The third kappa shape index (κ3) is 5.90. The Balaban J connectivity index is 0.00000280. The largest absolute Gasteiger partial charge is 0.494 e. The van der Waals surface area contributed by atoms with Crippen LogP contribution in [0.5, 0.6) is 5.75 Å². The summed E-state index contributed by atoms with van der Waals surface area (Å²) in [5, 5.41) is 8.54. The second-order valence-corrected chi connectivity index (χ2v) is 6.68. The van der Waals surface area contributed by atoms with E-state index in [0.717, 1.165) is 59.9 Å². The molecule has 2 aromatic heterocycles. The molecule has 1 aliphatic heterocycles. The summed E-state index contributed by atoms with van der Waals surface area (Å²) < 4.78 is 5.50. The van der Waals surface area contributed by atoms with Gasteiger partial charge in [0.25, 0.3) is 0 Å². The zero-order valence-electron chi connectivity index (χ0n) is 16.2. The van der Waals surface area contributed by atoms with Gasteiger partial charge >= 0.3 is 0 Å². The molecular formula is C22H27ClN4O. The first-order valence-corrected chi connectivity index (χ1v) is 9.55. The standard InChI is InChI=1S/C22H26N4O.ClH/c1-27-22-16-20(19-10-8-14-24-19)26-21(22)15-18-12-11-17(25-18)9-6-4-2-3-5-7-13-23;/h8,10-12,14-16,24,26H,2-7,9H2,1H3;1H. The highest BCUT2D eigenvalue weighted by atomic mass is 35.5. The van der Waals surface area contributed by atoms with Crippen LogP contribution in [0.15, 0.2) is 47.2 Å². The number of nitrogens with zero attached hydrogens (tertiary/aromatic N) is 2. The van der Waals surface area contributed by atoms with Gasteiger partial charge in [-0.15, -0.1) is 12.4 Å². The van der Waals surface area contributed by atoms with E-state index < -0.39 is 0 Å². The number of methoxy groups -OCH3 is 1. The first-order valence-electron chi connectivity index (χ1n) is 9.55. The first-order chi connectivity index (χ1) is 13.3. The molecule has 1 aliphatic rings. The number of aromatic nitrogens is 2. The number of rotatable bonds is 10. The molecule has 3 heterocycles. The van der Waals surface area contributed by atoms with E-state index in [9.17, 15) is 0 Å². The van der Waals surface area contributed by atoms with Crippen molar-refractivity contribution in [2.45, 2.75) is 44.9 Å². The number of H-pyrrole nitrogens is 2. The molecule has 2 N–H and O–H groups in total. The van der Waals surface area contributed by atoms with Crippen molar-refractivity contribution in [2.75, 3.05) is 7.11 Å². The topological polar surface area (TPSA) is 77.0 Å². The minimum Gasteiger partial charge on any atom is -0.494 e. The zero-order chi connectivity index (χ0) is 18.9. The van der Waals surface area contributed by atoms with Crippen LogP contribution in [0.2, 0.25) is 0 Å². The van der Waals surface area contributed by atoms with Crippen molar-refractivity contribution >= 4 is 24.2 Å². The summed E-state index contributed by atoms with van der Waals surface area (Å²) in [4.78, 5) is 11.3. The van der Waals surface area contributed by atoms with Crippen LogP contribution in [0.3, 0.4) is 0 Å². The number of ether oxygens (including phenoxy) is 1. The predicted molar refractivity (Wildman–Crippen MR) is 117 cm³/mol. The molecule has 0 amide bonds. The molecular weight excluding hydrogens is 372 g/mol. The normalized spacial score (nSPS) is 14.0. The second-order valence-electron chi connectivity index (χ2n) is 6.68. The molecule has 6 heteroatoms. The molecule has 2 aromatic rings. The molecule has 0 aromatic carbocycles. The Kier molecular flexibility index (Phi) is 8.64. The summed E-state index contributed by atoms with van der Waals surface area (Å²) in [6.07, 6.45) is 15.5. The van der Waals surface area contributed by atoms with E-state index in [1.165, 1.54) is 12.8 Å². The smallest absolute Gasteiger partial charge is 0.144 e. The van der Waals surface area contributed by atoms with Crippen molar-refractivity contribution < 1.29 is 4.74 Å².